The van der Waals surface area contributed by atoms with Crippen LogP contribution < -0.4 is 21.9 Å². The Balaban J connectivity index is 1.68. The van der Waals surface area contributed by atoms with E-state index in [4.69, 9.17) is 15.1 Å². The molecule has 0 spiro atoms. The molecule has 4 aromatic rings. The summed E-state index contributed by atoms with van der Waals surface area (Å²) in [6.45, 7) is 1.23. The third-order valence-electron chi connectivity index (χ3n) is 6.24. The van der Waals surface area contributed by atoms with Crippen LogP contribution in [0.4, 0.5) is 5.95 Å². The fourth-order valence-electron chi connectivity index (χ4n) is 4.50. The molecule has 10 heteroatoms. The van der Waals surface area contributed by atoms with Crippen molar-refractivity contribution in [2.45, 2.75) is 32.0 Å². The van der Waals surface area contributed by atoms with Gasteiger partial charge in [0.2, 0.25) is 5.95 Å². The Morgan fingerprint density at radius 2 is 1.94 bits per heavy atom. The van der Waals surface area contributed by atoms with E-state index < -0.39 is 11.2 Å². The number of fused-ring (bicyclic) bond motifs is 1. The van der Waals surface area contributed by atoms with Crippen molar-refractivity contribution < 1.29 is 9.21 Å². The fraction of sp³-hybridized carbons (Fsp3) is 0.333. The van der Waals surface area contributed by atoms with Gasteiger partial charge < -0.3 is 15.1 Å². The average molecular weight is 463 g/mol. The first-order chi connectivity index (χ1) is 16.4. The van der Waals surface area contributed by atoms with Gasteiger partial charge in [-0.15, -0.1) is 0 Å². The SMILES string of the molecule is Cn1c(=O)n(CC(=O)c2ccccc2)c(=O)c2c1nc(N1CCCC(N)C1)n2Cc1ccco1. The molecule has 4 heterocycles. The van der Waals surface area contributed by atoms with Crippen LogP contribution in [0.25, 0.3) is 11.2 Å². The molecule has 34 heavy (non-hydrogen) atoms. The molecule has 0 bridgehead atoms. The second-order valence-corrected chi connectivity index (χ2v) is 8.62. The minimum atomic E-state index is -0.591. The Morgan fingerprint density at radius 3 is 2.65 bits per heavy atom. The van der Waals surface area contributed by atoms with Crippen LogP contribution in [0.5, 0.6) is 0 Å². The number of ketones is 1. The third kappa shape index (κ3) is 3.86. The molecular formula is C24H26N6O4. The van der Waals surface area contributed by atoms with Crippen molar-refractivity contribution in [3.8, 4) is 0 Å². The number of Topliss-reactive ketones (excluding diaryl/α,β-unsaturated/α-hetero) is 1. The third-order valence-corrected chi connectivity index (χ3v) is 6.24. The van der Waals surface area contributed by atoms with E-state index >= 15 is 0 Å². The number of furan rings is 1. The Labute approximate surface area is 194 Å². The average Bonchev–Trinajstić information content (AvgIpc) is 3.49. The topological polar surface area (TPSA) is 121 Å². The maximum Gasteiger partial charge on any atom is 0.332 e. The lowest BCUT2D eigenvalue weighted by Gasteiger charge is -2.31. The first kappa shape index (κ1) is 21.9. The fourth-order valence-corrected chi connectivity index (χ4v) is 4.50. The van der Waals surface area contributed by atoms with Crippen LogP contribution in [0, 0.1) is 0 Å². The van der Waals surface area contributed by atoms with Crippen LogP contribution in [0.3, 0.4) is 0 Å². The lowest BCUT2D eigenvalue weighted by Crippen LogP contribution is -2.44. The van der Waals surface area contributed by atoms with Gasteiger partial charge in [0.15, 0.2) is 16.9 Å². The smallest absolute Gasteiger partial charge is 0.332 e. The standard InChI is InChI=1S/C24H26N6O4/c1-27-21-20(22(32)30(24(27)33)15-19(31)16-7-3-2-4-8-16)29(14-18-10-6-12-34-18)23(26-21)28-11-5-9-17(25)13-28/h2-4,6-8,10,12,17H,5,9,11,13-15,25H2,1H3. The molecule has 1 unspecified atom stereocenters. The first-order valence-electron chi connectivity index (χ1n) is 11.2. The molecule has 0 saturated carbocycles. The van der Waals surface area contributed by atoms with Crippen LogP contribution in [0.2, 0.25) is 0 Å². The number of piperidine rings is 1. The van der Waals surface area contributed by atoms with E-state index in [0.29, 0.717) is 23.8 Å². The molecule has 2 N–H and O–H groups in total. The van der Waals surface area contributed by atoms with Gasteiger partial charge in [-0.3, -0.25) is 23.3 Å². The molecule has 1 fully saturated rings. The molecule has 0 aliphatic carbocycles. The molecule has 5 rings (SSSR count). The summed E-state index contributed by atoms with van der Waals surface area (Å²) in [6.07, 6.45) is 3.39. The van der Waals surface area contributed by atoms with E-state index in [1.54, 1.807) is 54.3 Å². The largest absolute Gasteiger partial charge is 0.467 e. The van der Waals surface area contributed by atoms with Gasteiger partial charge in [0, 0.05) is 31.7 Å². The number of hydrogen-bond acceptors (Lipinski definition) is 7. The van der Waals surface area contributed by atoms with Crippen LogP contribution in [0.1, 0.15) is 29.0 Å². The molecule has 3 aromatic heterocycles. The predicted octanol–water partition coefficient (Wildman–Crippen LogP) is 1.35. The van der Waals surface area contributed by atoms with Gasteiger partial charge in [0.25, 0.3) is 5.56 Å². The van der Waals surface area contributed by atoms with Gasteiger partial charge >= 0.3 is 5.69 Å². The Bertz CT molecular complexity index is 1450. The molecule has 1 aliphatic heterocycles. The van der Waals surface area contributed by atoms with E-state index in [1.807, 2.05) is 11.0 Å². The predicted molar refractivity (Wildman–Crippen MR) is 127 cm³/mol. The monoisotopic (exact) mass is 462 g/mol. The molecule has 0 amide bonds. The highest BCUT2D eigenvalue weighted by Crippen LogP contribution is 2.24. The number of rotatable bonds is 6. The maximum absolute atomic E-state index is 13.6. The zero-order valence-electron chi connectivity index (χ0n) is 18.9. The number of carbonyl (C=O) groups excluding carboxylic acids is 1. The lowest BCUT2D eigenvalue weighted by molar-refractivity contribution is 0.0969. The Morgan fingerprint density at radius 1 is 1.15 bits per heavy atom. The Kier molecular flexibility index (Phi) is 5.66. The van der Waals surface area contributed by atoms with Crippen molar-refractivity contribution in [1.29, 1.82) is 0 Å². The van der Waals surface area contributed by atoms with Gasteiger partial charge in [0.1, 0.15) is 5.76 Å². The first-order valence-corrected chi connectivity index (χ1v) is 11.2. The maximum atomic E-state index is 13.6. The molecule has 1 atom stereocenters. The summed E-state index contributed by atoms with van der Waals surface area (Å²) in [4.78, 5) is 46.3. The van der Waals surface area contributed by atoms with Crippen molar-refractivity contribution in [2.75, 3.05) is 18.0 Å². The van der Waals surface area contributed by atoms with E-state index in [9.17, 15) is 14.4 Å². The quantitative estimate of drug-likeness (QED) is 0.429. The number of benzene rings is 1. The number of nitrogens with zero attached hydrogens (tertiary/aromatic N) is 5. The van der Waals surface area contributed by atoms with Crippen LogP contribution in [-0.4, -0.2) is 43.6 Å². The summed E-state index contributed by atoms with van der Waals surface area (Å²) in [5, 5.41) is 0. The van der Waals surface area contributed by atoms with Crippen molar-refractivity contribution in [3.05, 3.63) is 80.9 Å². The zero-order valence-corrected chi connectivity index (χ0v) is 18.9. The molecule has 0 radical (unpaired) electrons. The molecule has 1 saturated heterocycles. The number of aryl methyl sites for hydroxylation is 1. The van der Waals surface area contributed by atoms with E-state index in [0.717, 1.165) is 24.0 Å². The summed E-state index contributed by atoms with van der Waals surface area (Å²) >= 11 is 0. The molecular weight excluding hydrogens is 436 g/mol. The molecule has 10 nitrogen and oxygen atoms in total. The van der Waals surface area contributed by atoms with Crippen LogP contribution in [-0.2, 0) is 20.1 Å². The van der Waals surface area contributed by atoms with Crippen LogP contribution >= 0.6 is 0 Å². The summed E-state index contributed by atoms with van der Waals surface area (Å²) in [7, 11) is 1.56. The minimum Gasteiger partial charge on any atom is -0.467 e. The summed E-state index contributed by atoms with van der Waals surface area (Å²) < 4.78 is 9.60. The normalized spacial score (nSPS) is 16.3. The zero-order chi connectivity index (χ0) is 23.8. The van der Waals surface area contributed by atoms with Crippen molar-refractivity contribution >= 4 is 22.9 Å². The van der Waals surface area contributed by atoms with Crippen molar-refractivity contribution in [1.82, 2.24) is 18.7 Å². The van der Waals surface area contributed by atoms with Gasteiger partial charge in [-0.2, -0.15) is 4.98 Å². The number of carbonyl (C=O) groups is 1. The van der Waals surface area contributed by atoms with E-state index in [-0.39, 0.29) is 36.1 Å². The number of hydrogen-bond donors (Lipinski definition) is 1. The van der Waals surface area contributed by atoms with Crippen molar-refractivity contribution in [3.63, 3.8) is 0 Å². The molecule has 1 aromatic carbocycles. The number of anilines is 1. The lowest BCUT2D eigenvalue weighted by atomic mass is 10.1. The van der Waals surface area contributed by atoms with Gasteiger partial charge in [-0.1, -0.05) is 30.3 Å². The molecule has 176 valence electrons. The van der Waals surface area contributed by atoms with E-state index in [2.05, 4.69) is 0 Å². The summed E-state index contributed by atoms with van der Waals surface area (Å²) in [5.74, 6) is 0.876. The number of nitrogens with two attached hydrogens (primary N) is 1. The summed E-state index contributed by atoms with van der Waals surface area (Å²) in [5.41, 5.74) is 5.99. The molecule has 1 aliphatic rings. The highest BCUT2D eigenvalue weighted by atomic mass is 16.3. The van der Waals surface area contributed by atoms with Crippen LogP contribution in [0.15, 0.2) is 62.7 Å². The minimum absolute atomic E-state index is 0.00500. The van der Waals surface area contributed by atoms with Gasteiger partial charge in [-0.25, -0.2) is 4.79 Å². The van der Waals surface area contributed by atoms with Gasteiger partial charge in [0.05, 0.1) is 19.4 Å². The van der Waals surface area contributed by atoms with E-state index in [1.165, 1.54) is 4.57 Å². The highest BCUT2D eigenvalue weighted by Gasteiger charge is 2.27. The highest BCUT2D eigenvalue weighted by molar-refractivity contribution is 5.95. The second-order valence-electron chi connectivity index (χ2n) is 8.62. The summed E-state index contributed by atoms with van der Waals surface area (Å²) in [6, 6.07) is 12.2. The Hall–Kier alpha value is -3.92. The number of aromatic nitrogens is 4. The van der Waals surface area contributed by atoms with Crippen molar-refractivity contribution in [2.24, 2.45) is 12.8 Å². The second kappa shape index (κ2) is 8.79. The number of imidazole rings is 1. The van der Waals surface area contributed by atoms with Gasteiger partial charge in [-0.05, 0) is 25.0 Å².